The van der Waals surface area contributed by atoms with Crippen LogP contribution in [0.3, 0.4) is 0 Å². The Kier molecular flexibility index (Phi) is 5.82. The van der Waals surface area contributed by atoms with Crippen LogP contribution in [0.4, 0.5) is 5.69 Å². The number of unbranched alkanes of at least 4 members (excludes halogenated alkanes) is 1. The van der Waals surface area contributed by atoms with E-state index in [1.807, 2.05) is 30.3 Å². The van der Waals surface area contributed by atoms with E-state index in [0.717, 1.165) is 36.9 Å². The van der Waals surface area contributed by atoms with Crippen molar-refractivity contribution in [3.63, 3.8) is 0 Å². The molecule has 1 N–H and O–H groups in total. The number of hydrogen-bond donors (Lipinski definition) is 1. The fourth-order valence-corrected chi connectivity index (χ4v) is 2.61. The first-order chi connectivity index (χ1) is 10.3. The number of hydrogen-bond acceptors (Lipinski definition) is 2. The van der Waals surface area contributed by atoms with Crippen LogP contribution < -0.4 is 5.06 Å². The van der Waals surface area contributed by atoms with Crippen molar-refractivity contribution >= 4 is 5.69 Å². The highest BCUT2D eigenvalue weighted by Crippen LogP contribution is 2.26. The minimum atomic E-state index is 0.191. The maximum Gasteiger partial charge on any atom is 0.0643 e. The molecule has 0 saturated heterocycles. The summed E-state index contributed by atoms with van der Waals surface area (Å²) in [6, 6.07) is 18.6. The smallest absolute Gasteiger partial charge is 0.0643 e. The molecular formula is C19H25NO. The van der Waals surface area contributed by atoms with Crippen LogP contribution in [-0.4, -0.2) is 11.2 Å². The molecule has 0 heterocycles. The third kappa shape index (κ3) is 4.08. The van der Waals surface area contributed by atoms with Crippen LogP contribution >= 0.6 is 0 Å². The molecule has 1 atom stereocenters. The van der Waals surface area contributed by atoms with Crippen LogP contribution in [0.15, 0.2) is 54.6 Å². The van der Waals surface area contributed by atoms with E-state index in [0.29, 0.717) is 0 Å². The molecule has 112 valence electrons. The number of benzene rings is 2. The molecule has 1 unspecified atom stereocenters. The van der Waals surface area contributed by atoms with Gasteiger partial charge in [-0.2, -0.15) is 0 Å². The van der Waals surface area contributed by atoms with E-state index < -0.39 is 0 Å². The third-order valence-electron chi connectivity index (χ3n) is 3.93. The van der Waals surface area contributed by atoms with Gasteiger partial charge in [-0.1, -0.05) is 69.2 Å². The van der Waals surface area contributed by atoms with Gasteiger partial charge >= 0.3 is 0 Å². The molecular weight excluding hydrogens is 258 g/mol. The summed E-state index contributed by atoms with van der Waals surface area (Å²) in [6.45, 7) is 4.31. The summed E-state index contributed by atoms with van der Waals surface area (Å²) in [6.07, 6.45) is 4.29. The average Bonchev–Trinajstić information content (AvgIpc) is 2.56. The Bertz CT molecular complexity index is 538. The first kappa shape index (κ1) is 15.6. The van der Waals surface area contributed by atoms with Crippen molar-refractivity contribution in [1.82, 2.24) is 0 Å². The van der Waals surface area contributed by atoms with E-state index in [1.165, 1.54) is 10.6 Å². The highest BCUT2D eigenvalue weighted by atomic mass is 16.5. The second-order valence-corrected chi connectivity index (χ2v) is 5.47. The topological polar surface area (TPSA) is 23.5 Å². The standard InChI is InChI=1S/C19H25NO/c1-3-5-13-18(4-2)20(21)19-14-9-12-17(15-19)16-10-7-6-8-11-16/h6-12,14-15,18,21H,3-5,13H2,1-2H3. The van der Waals surface area contributed by atoms with Crippen molar-refractivity contribution in [2.24, 2.45) is 0 Å². The summed E-state index contributed by atoms with van der Waals surface area (Å²) >= 11 is 0. The van der Waals surface area contributed by atoms with Crippen LogP contribution in [0.5, 0.6) is 0 Å². The summed E-state index contributed by atoms with van der Waals surface area (Å²) in [5.74, 6) is 0. The van der Waals surface area contributed by atoms with Gasteiger partial charge in [-0.25, -0.2) is 0 Å². The van der Waals surface area contributed by atoms with E-state index >= 15 is 0 Å². The van der Waals surface area contributed by atoms with E-state index in [2.05, 4.69) is 38.1 Å². The van der Waals surface area contributed by atoms with Crippen molar-refractivity contribution in [1.29, 1.82) is 0 Å². The number of anilines is 1. The summed E-state index contributed by atoms with van der Waals surface area (Å²) in [4.78, 5) is 0. The normalized spacial score (nSPS) is 12.1. The molecule has 0 spiro atoms. The minimum Gasteiger partial charge on any atom is -0.288 e. The highest BCUT2D eigenvalue weighted by Gasteiger charge is 2.15. The maximum absolute atomic E-state index is 10.5. The van der Waals surface area contributed by atoms with Gasteiger partial charge in [0.25, 0.3) is 0 Å². The fourth-order valence-electron chi connectivity index (χ4n) is 2.61. The summed E-state index contributed by atoms with van der Waals surface area (Å²) in [5, 5.41) is 12.0. The number of rotatable bonds is 7. The van der Waals surface area contributed by atoms with Crippen molar-refractivity contribution < 1.29 is 5.21 Å². The molecule has 0 aliphatic rings. The largest absolute Gasteiger partial charge is 0.288 e. The summed E-state index contributed by atoms with van der Waals surface area (Å²) < 4.78 is 0. The van der Waals surface area contributed by atoms with Gasteiger partial charge in [0, 0.05) is 0 Å². The van der Waals surface area contributed by atoms with Crippen molar-refractivity contribution in [3.05, 3.63) is 54.6 Å². The van der Waals surface area contributed by atoms with Crippen molar-refractivity contribution in [3.8, 4) is 11.1 Å². The second-order valence-electron chi connectivity index (χ2n) is 5.47. The lowest BCUT2D eigenvalue weighted by Gasteiger charge is -2.27. The van der Waals surface area contributed by atoms with E-state index in [4.69, 9.17) is 0 Å². The number of hydroxylamine groups is 1. The first-order valence-electron chi connectivity index (χ1n) is 7.89. The Balaban J connectivity index is 2.20. The zero-order valence-electron chi connectivity index (χ0n) is 13.0. The first-order valence-corrected chi connectivity index (χ1v) is 7.89. The zero-order chi connectivity index (χ0) is 15.1. The zero-order valence-corrected chi connectivity index (χ0v) is 13.0. The third-order valence-corrected chi connectivity index (χ3v) is 3.93. The molecule has 21 heavy (non-hydrogen) atoms. The van der Waals surface area contributed by atoms with Gasteiger partial charge < -0.3 is 0 Å². The Morgan fingerprint density at radius 1 is 0.952 bits per heavy atom. The van der Waals surface area contributed by atoms with Crippen molar-refractivity contribution in [2.45, 2.75) is 45.6 Å². The maximum atomic E-state index is 10.5. The predicted octanol–water partition coefficient (Wildman–Crippen LogP) is 5.52. The molecule has 0 fully saturated rings. The highest BCUT2D eigenvalue weighted by molar-refractivity contribution is 5.68. The molecule has 0 aliphatic carbocycles. The molecule has 2 rings (SSSR count). The van der Waals surface area contributed by atoms with Gasteiger partial charge in [-0.3, -0.25) is 10.3 Å². The van der Waals surface area contributed by atoms with Gasteiger partial charge in [-0.05, 0) is 36.1 Å². The minimum absolute atomic E-state index is 0.191. The lowest BCUT2D eigenvalue weighted by atomic mass is 10.0. The molecule has 0 amide bonds. The molecule has 0 radical (unpaired) electrons. The summed E-state index contributed by atoms with van der Waals surface area (Å²) in [5.41, 5.74) is 3.19. The fraction of sp³-hybridized carbons (Fsp3) is 0.368. The lowest BCUT2D eigenvalue weighted by Crippen LogP contribution is -2.31. The Labute approximate surface area is 128 Å². The van der Waals surface area contributed by atoms with Gasteiger partial charge in [0.05, 0.1) is 11.7 Å². The van der Waals surface area contributed by atoms with E-state index in [9.17, 15) is 5.21 Å². The SMILES string of the molecule is CCCCC(CC)N(O)c1cccc(-c2ccccc2)c1. The van der Waals surface area contributed by atoms with Crippen LogP contribution in [0, 0.1) is 0 Å². The van der Waals surface area contributed by atoms with Gasteiger partial charge in [-0.15, -0.1) is 0 Å². The summed E-state index contributed by atoms with van der Waals surface area (Å²) in [7, 11) is 0. The molecule has 0 bridgehead atoms. The van der Waals surface area contributed by atoms with Crippen LogP contribution in [0.25, 0.3) is 11.1 Å². The molecule has 2 heteroatoms. The molecule has 2 aromatic carbocycles. The monoisotopic (exact) mass is 283 g/mol. The predicted molar refractivity (Wildman–Crippen MR) is 89.7 cm³/mol. The second kappa shape index (κ2) is 7.84. The number of nitrogens with zero attached hydrogens (tertiary/aromatic N) is 1. The van der Waals surface area contributed by atoms with E-state index in [1.54, 1.807) is 0 Å². The van der Waals surface area contributed by atoms with Crippen LogP contribution in [-0.2, 0) is 0 Å². The van der Waals surface area contributed by atoms with E-state index in [-0.39, 0.29) is 6.04 Å². The average molecular weight is 283 g/mol. The Hall–Kier alpha value is -1.80. The molecule has 2 nitrogen and oxygen atoms in total. The lowest BCUT2D eigenvalue weighted by molar-refractivity contribution is 0.205. The quantitative estimate of drug-likeness (QED) is 0.676. The molecule has 0 saturated carbocycles. The van der Waals surface area contributed by atoms with Crippen LogP contribution in [0.2, 0.25) is 0 Å². The molecule has 0 aromatic heterocycles. The van der Waals surface area contributed by atoms with Crippen LogP contribution in [0.1, 0.15) is 39.5 Å². The van der Waals surface area contributed by atoms with Gasteiger partial charge in [0.1, 0.15) is 0 Å². The molecule has 2 aromatic rings. The Morgan fingerprint density at radius 3 is 2.33 bits per heavy atom. The molecule has 0 aliphatic heterocycles. The Morgan fingerprint density at radius 2 is 1.67 bits per heavy atom. The van der Waals surface area contributed by atoms with Crippen molar-refractivity contribution in [2.75, 3.05) is 5.06 Å². The van der Waals surface area contributed by atoms with Gasteiger partial charge in [0.2, 0.25) is 0 Å². The van der Waals surface area contributed by atoms with Gasteiger partial charge in [0.15, 0.2) is 0 Å².